The van der Waals surface area contributed by atoms with E-state index in [9.17, 15) is 46.5 Å². The van der Waals surface area contributed by atoms with Gasteiger partial charge in [0.1, 0.15) is 6.10 Å². The van der Waals surface area contributed by atoms with Crippen molar-refractivity contribution in [1.82, 2.24) is 0 Å². The van der Waals surface area contributed by atoms with Gasteiger partial charge in [0, 0.05) is 0 Å². The maximum atomic E-state index is 13.8. The van der Waals surface area contributed by atoms with Crippen molar-refractivity contribution in [3.63, 3.8) is 0 Å². The third-order valence-corrected chi connectivity index (χ3v) is 27.5. The van der Waals surface area contributed by atoms with Crippen molar-refractivity contribution in [3.8, 4) is 0 Å². The first-order valence-corrected chi connectivity index (χ1v) is 33.3. The number of carbonyl (C=O) groups is 1. The van der Waals surface area contributed by atoms with Crippen molar-refractivity contribution in [2.24, 2.45) is 105 Å². The quantitative estimate of drug-likeness (QED) is 0.109. The van der Waals surface area contributed by atoms with E-state index in [1.807, 2.05) is 30.3 Å². The fourth-order valence-corrected chi connectivity index (χ4v) is 22.7. The normalized spacial score (nSPS) is 42.7. The van der Waals surface area contributed by atoms with Crippen LogP contribution >= 0.6 is 0 Å². The molecule has 0 spiro atoms. The van der Waals surface area contributed by atoms with E-state index in [1.165, 1.54) is 83.5 Å². The van der Waals surface area contributed by atoms with Gasteiger partial charge >= 0.3 is 69.7 Å². The summed E-state index contributed by atoms with van der Waals surface area (Å²) in [7, 11) is 0. The zero-order chi connectivity index (χ0) is 57.3. The van der Waals surface area contributed by atoms with E-state index in [4.69, 9.17) is 4.74 Å². The van der Waals surface area contributed by atoms with E-state index in [1.54, 1.807) is 0 Å². The zero-order valence-corrected chi connectivity index (χ0v) is 54.7. The molecule has 10 saturated carbocycles. The van der Waals surface area contributed by atoms with Crippen molar-refractivity contribution >= 4 is 5.97 Å². The Morgan fingerprint density at radius 3 is 1.38 bits per heavy atom. The van der Waals surface area contributed by atoms with Crippen LogP contribution in [-0.4, -0.2) is 62.5 Å². The van der Waals surface area contributed by atoms with E-state index >= 15 is 0 Å². The number of esters is 1. The van der Waals surface area contributed by atoms with Gasteiger partial charge in [-0.15, -0.1) is 0 Å². The van der Waals surface area contributed by atoms with Crippen LogP contribution in [-0.2, 0) is 4.74 Å². The van der Waals surface area contributed by atoms with Gasteiger partial charge in [0.15, 0.2) is 11.2 Å². The standard InChI is InChI=1S/C38H55F3O3.C31H51F3O2.K.H2O/c1-25(14-19-33(26-10-6-4-7-11-26)44-34(42)27-12-8-5-9-13-27)30-17-18-31-29-16-15-28-24-37(43,38(39,40)41)23-22-35(28,2)32(29)20-21-36(30,31)3;1-20(9-14-27(35)21-7-5-4-6-8-21)24-12-13-25-23-11-10-22-19-30(36,31(32,33)34)18-17-28(22,2)26(23)15-16-29(24,25)3;;/h5,8-9,12-13,25-26,28-33,43H,4,6-7,10-11,14-24H2,1-3H3;20-27,35-36H,4-19H2,1-3H3;;1H2/q;;+1;/p-1/t25-,28+,29+,30-,31+,32+,33-,35+,36-,37+;20-,22+,23+,24-,25+,26+,27-,28+,29-,30+;;/m11../s1. The number of rotatable bonds is 12. The number of aliphatic hydroxyl groups excluding tert-OH is 1. The summed E-state index contributed by atoms with van der Waals surface area (Å²) in [5.41, 5.74) is -3.91. The third-order valence-electron chi connectivity index (χ3n) is 27.5. The van der Waals surface area contributed by atoms with Gasteiger partial charge in [0.2, 0.25) is 0 Å². The van der Waals surface area contributed by atoms with E-state index < -0.39 is 23.6 Å². The molecule has 0 radical (unpaired) electrons. The first kappa shape index (κ1) is 67.7. The summed E-state index contributed by atoms with van der Waals surface area (Å²) in [5, 5.41) is 31.9. The Hall–Kier alpha value is -0.254. The average molecular weight is 1190 g/mol. The molecule has 0 aromatic heterocycles. The van der Waals surface area contributed by atoms with Gasteiger partial charge in [0.05, 0.1) is 11.7 Å². The molecule has 0 saturated heterocycles. The Morgan fingerprint density at radius 2 is 0.939 bits per heavy atom. The van der Waals surface area contributed by atoms with Gasteiger partial charge in [-0.05, 0) is 284 Å². The van der Waals surface area contributed by atoms with Crippen LogP contribution in [0.25, 0.3) is 0 Å². The minimum absolute atomic E-state index is 0. The zero-order valence-electron chi connectivity index (χ0n) is 51.6. The van der Waals surface area contributed by atoms with Crippen molar-refractivity contribution in [1.29, 1.82) is 0 Å². The summed E-state index contributed by atoms with van der Waals surface area (Å²) in [6, 6.07) is 9.40. The van der Waals surface area contributed by atoms with Gasteiger partial charge in [0.25, 0.3) is 0 Å². The Kier molecular flexibility index (Phi) is 21.7. The van der Waals surface area contributed by atoms with Crippen LogP contribution in [0, 0.1) is 105 Å². The SMILES string of the molecule is C[C@H](CC[C@@H](O)C1CCCCC1)[C@H]1CC[C@H]2[C@@H]3CC[C@H]4C[C@](O)(C(F)(F)F)CC[C@]4(C)[C@H]3CC[C@]12C.C[C@H](CC[C@@H](OC(=O)c1ccccc1)C1CCCCC1)[C@H]1CC[C@H]2[C@@H]3CC[C@H]4C[C@](O)(C(F)(F)F)CC[C@]4(C)[C@H]3CC[C@]12C.[K+].[OH-]. The fraction of sp³-hybridized carbons (Fsp3) is 0.899. The Labute approximate surface area is 532 Å². The van der Waals surface area contributed by atoms with E-state index in [0.29, 0.717) is 94.8 Å². The molecule has 13 heteroatoms. The second-order valence-electron chi connectivity index (χ2n) is 31.0. The maximum absolute atomic E-state index is 13.8. The summed E-state index contributed by atoms with van der Waals surface area (Å²) in [4.78, 5) is 13.1. The number of ether oxygens (including phenoxy) is 1. The molecule has 0 heterocycles. The predicted octanol–water partition coefficient (Wildman–Crippen LogP) is 15.3. The fourth-order valence-electron chi connectivity index (χ4n) is 22.7. The summed E-state index contributed by atoms with van der Waals surface area (Å²) in [5.74, 6) is 6.75. The van der Waals surface area contributed by atoms with E-state index in [2.05, 4.69) is 41.5 Å². The van der Waals surface area contributed by atoms with E-state index in [0.717, 1.165) is 83.5 Å². The van der Waals surface area contributed by atoms with Gasteiger partial charge in [-0.3, -0.25) is 0 Å². The molecule has 462 valence electrons. The molecule has 0 bridgehead atoms. The van der Waals surface area contributed by atoms with Crippen molar-refractivity contribution in [2.45, 2.75) is 283 Å². The second-order valence-corrected chi connectivity index (χ2v) is 31.0. The smallest absolute Gasteiger partial charge is 0.870 e. The number of fused-ring (bicyclic) bond motifs is 10. The largest absolute Gasteiger partial charge is 1.00 e. The van der Waals surface area contributed by atoms with Crippen LogP contribution in [0.5, 0.6) is 0 Å². The molecule has 4 N–H and O–H groups in total. The number of benzene rings is 1. The van der Waals surface area contributed by atoms with Crippen LogP contribution in [0.3, 0.4) is 0 Å². The molecular formula is C69H107F6KO6. The number of halogens is 6. The monoisotopic (exact) mass is 1180 g/mol. The Balaban J connectivity index is 0.000000214. The van der Waals surface area contributed by atoms with Gasteiger partial charge in [-0.2, -0.15) is 26.3 Å². The number of aliphatic hydroxyl groups is 3. The summed E-state index contributed by atoms with van der Waals surface area (Å²) < 4.78 is 88.5. The molecular weight excluding hydrogens is 1080 g/mol. The van der Waals surface area contributed by atoms with E-state index in [-0.39, 0.29) is 129 Å². The molecule has 10 fully saturated rings. The van der Waals surface area contributed by atoms with Crippen LogP contribution in [0.15, 0.2) is 30.3 Å². The number of carbonyl (C=O) groups excluding carboxylic acids is 1. The molecule has 11 rings (SSSR count). The predicted molar refractivity (Wildman–Crippen MR) is 306 cm³/mol. The second kappa shape index (κ2) is 26.3. The van der Waals surface area contributed by atoms with Crippen molar-refractivity contribution in [3.05, 3.63) is 35.9 Å². The molecule has 20 atom stereocenters. The summed E-state index contributed by atoms with van der Waals surface area (Å²) >= 11 is 0. The topological polar surface area (TPSA) is 117 Å². The molecule has 0 amide bonds. The Morgan fingerprint density at radius 1 is 0.524 bits per heavy atom. The molecule has 0 unspecified atom stereocenters. The van der Waals surface area contributed by atoms with Crippen LogP contribution in [0.4, 0.5) is 26.3 Å². The number of alkyl halides is 6. The minimum atomic E-state index is -4.54. The van der Waals surface area contributed by atoms with Crippen molar-refractivity contribution < 1.29 is 108 Å². The first-order chi connectivity index (χ1) is 37.7. The molecule has 1 aromatic rings. The van der Waals surface area contributed by atoms with Gasteiger partial charge in [-0.25, -0.2) is 4.79 Å². The number of hydrogen-bond donors (Lipinski definition) is 3. The number of hydrogen-bond acceptors (Lipinski definition) is 6. The summed E-state index contributed by atoms with van der Waals surface area (Å²) in [6.45, 7) is 14.5. The first-order valence-electron chi connectivity index (χ1n) is 33.3. The van der Waals surface area contributed by atoms with Gasteiger partial charge < -0.3 is 25.5 Å². The van der Waals surface area contributed by atoms with Crippen molar-refractivity contribution in [2.75, 3.05) is 0 Å². The van der Waals surface area contributed by atoms with Crippen LogP contribution in [0.1, 0.15) is 257 Å². The van der Waals surface area contributed by atoms with Crippen LogP contribution < -0.4 is 51.4 Å². The average Bonchev–Trinajstić information content (AvgIpc) is 3.38. The van der Waals surface area contributed by atoms with Crippen LogP contribution in [0.2, 0.25) is 0 Å². The molecule has 0 aliphatic heterocycles. The third kappa shape index (κ3) is 12.9. The minimum Gasteiger partial charge on any atom is -0.870 e. The molecule has 1 aromatic carbocycles. The van der Waals surface area contributed by atoms with Gasteiger partial charge in [-0.1, -0.05) is 98.3 Å². The molecule has 10 aliphatic rings. The maximum Gasteiger partial charge on any atom is 1.00 e. The Bertz CT molecular complexity index is 2240. The molecule has 6 nitrogen and oxygen atoms in total. The molecule has 82 heavy (non-hydrogen) atoms. The molecule has 10 aliphatic carbocycles. The summed E-state index contributed by atoms with van der Waals surface area (Å²) in [6.07, 6.45) is 21.0.